The largest absolute Gasteiger partial charge is 0.481 e. The van der Waals surface area contributed by atoms with Gasteiger partial charge >= 0.3 is 5.97 Å². The molecule has 19 heavy (non-hydrogen) atoms. The Morgan fingerprint density at radius 3 is 2.37 bits per heavy atom. The molecule has 4 heteroatoms. The van der Waals surface area contributed by atoms with E-state index in [4.69, 9.17) is 5.11 Å². The molecule has 1 rings (SSSR count). The normalized spacial score (nSPS) is 15.6. The number of carbonyl (C=O) groups is 2. The lowest BCUT2D eigenvalue weighted by Crippen LogP contribution is -2.24. The number of hydrogen-bond donors (Lipinski definition) is 2. The van der Waals surface area contributed by atoms with E-state index in [0.29, 0.717) is 6.42 Å². The molecule has 0 aromatic heterocycles. The van der Waals surface area contributed by atoms with E-state index in [1.807, 2.05) is 0 Å². The van der Waals surface area contributed by atoms with Gasteiger partial charge in [0.15, 0.2) is 0 Å². The van der Waals surface area contributed by atoms with Crippen LogP contribution in [-0.4, -0.2) is 23.5 Å². The Hall–Kier alpha value is -1.06. The maximum absolute atomic E-state index is 11.6. The lowest BCUT2D eigenvalue weighted by atomic mass is 10.0. The lowest BCUT2D eigenvalue weighted by molar-refractivity contribution is -0.137. The summed E-state index contributed by atoms with van der Waals surface area (Å²) in [4.78, 5) is 21.9. The van der Waals surface area contributed by atoms with Gasteiger partial charge in [-0.05, 0) is 25.2 Å². The maximum Gasteiger partial charge on any atom is 0.303 e. The molecule has 0 bridgehead atoms. The first-order valence-electron chi connectivity index (χ1n) is 7.67. The molecule has 2 N–H and O–H groups in total. The van der Waals surface area contributed by atoms with E-state index in [2.05, 4.69) is 5.32 Å². The highest BCUT2D eigenvalue weighted by Crippen LogP contribution is 2.28. The smallest absolute Gasteiger partial charge is 0.303 e. The first-order valence-corrected chi connectivity index (χ1v) is 7.67. The van der Waals surface area contributed by atoms with E-state index in [0.717, 1.165) is 44.6 Å². The van der Waals surface area contributed by atoms with Crippen LogP contribution in [0.25, 0.3) is 0 Å². The molecule has 4 nitrogen and oxygen atoms in total. The Morgan fingerprint density at radius 1 is 1.00 bits per heavy atom. The first kappa shape index (κ1) is 16.0. The highest BCUT2D eigenvalue weighted by molar-refractivity contribution is 5.75. The van der Waals surface area contributed by atoms with Crippen molar-refractivity contribution in [3.63, 3.8) is 0 Å². The van der Waals surface area contributed by atoms with E-state index < -0.39 is 5.97 Å². The number of aliphatic carboxylic acids is 1. The van der Waals surface area contributed by atoms with Crippen molar-refractivity contribution in [2.24, 2.45) is 5.92 Å². The van der Waals surface area contributed by atoms with E-state index >= 15 is 0 Å². The van der Waals surface area contributed by atoms with Crippen molar-refractivity contribution in [1.29, 1.82) is 0 Å². The standard InChI is InChI=1S/C15H27NO3/c17-14(11-10-13-7-4-5-8-13)16-12-6-2-1-3-9-15(18)19/h13H,1-12H2,(H,16,17)(H,18,19). The average molecular weight is 269 g/mol. The fourth-order valence-corrected chi connectivity index (χ4v) is 2.71. The Balaban J connectivity index is 1.85. The third-order valence-electron chi connectivity index (χ3n) is 3.89. The molecule has 110 valence electrons. The minimum atomic E-state index is -0.722. The second-order valence-corrected chi connectivity index (χ2v) is 5.60. The van der Waals surface area contributed by atoms with Gasteiger partial charge in [0.05, 0.1) is 0 Å². The summed E-state index contributed by atoms with van der Waals surface area (Å²) < 4.78 is 0. The van der Waals surface area contributed by atoms with Gasteiger partial charge in [0.1, 0.15) is 0 Å². The molecule has 0 radical (unpaired) electrons. The van der Waals surface area contributed by atoms with Gasteiger partial charge < -0.3 is 10.4 Å². The van der Waals surface area contributed by atoms with Crippen LogP contribution in [0, 0.1) is 5.92 Å². The van der Waals surface area contributed by atoms with Crippen LogP contribution in [-0.2, 0) is 9.59 Å². The molecule has 0 aliphatic heterocycles. The predicted molar refractivity (Wildman–Crippen MR) is 74.9 cm³/mol. The van der Waals surface area contributed by atoms with E-state index in [9.17, 15) is 9.59 Å². The number of amides is 1. The van der Waals surface area contributed by atoms with E-state index in [1.54, 1.807) is 0 Å². The quantitative estimate of drug-likeness (QED) is 0.599. The van der Waals surface area contributed by atoms with Crippen molar-refractivity contribution in [2.75, 3.05) is 6.54 Å². The number of nitrogens with one attached hydrogen (secondary N) is 1. The zero-order valence-electron chi connectivity index (χ0n) is 11.8. The van der Waals surface area contributed by atoms with Crippen molar-refractivity contribution in [3.05, 3.63) is 0 Å². The van der Waals surface area contributed by atoms with Gasteiger partial charge in [0, 0.05) is 19.4 Å². The maximum atomic E-state index is 11.6. The summed E-state index contributed by atoms with van der Waals surface area (Å²) in [5.41, 5.74) is 0. The topological polar surface area (TPSA) is 66.4 Å². The Kier molecular flexibility index (Phi) is 8.26. The second kappa shape index (κ2) is 9.82. The molecule has 0 atom stereocenters. The molecule has 0 unspecified atom stereocenters. The SMILES string of the molecule is O=C(O)CCCCCCNC(=O)CCC1CCCC1. The fraction of sp³-hybridized carbons (Fsp3) is 0.867. The van der Waals surface area contributed by atoms with Gasteiger partial charge in [-0.2, -0.15) is 0 Å². The summed E-state index contributed by atoms with van der Waals surface area (Å²) in [6.45, 7) is 0.733. The zero-order chi connectivity index (χ0) is 13.9. The van der Waals surface area contributed by atoms with Crippen LogP contribution in [0.2, 0.25) is 0 Å². The van der Waals surface area contributed by atoms with Gasteiger partial charge in [-0.25, -0.2) is 0 Å². The van der Waals surface area contributed by atoms with Crippen molar-refractivity contribution in [2.45, 2.75) is 70.6 Å². The van der Waals surface area contributed by atoms with Crippen LogP contribution >= 0.6 is 0 Å². The van der Waals surface area contributed by atoms with Gasteiger partial charge in [0.25, 0.3) is 0 Å². The van der Waals surface area contributed by atoms with E-state index in [-0.39, 0.29) is 12.3 Å². The number of unbranched alkanes of at least 4 members (excludes halogenated alkanes) is 3. The van der Waals surface area contributed by atoms with Gasteiger partial charge in [0.2, 0.25) is 5.91 Å². The fourth-order valence-electron chi connectivity index (χ4n) is 2.71. The number of carboxylic acid groups (broad SMARTS) is 1. The third-order valence-corrected chi connectivity index (χ3v) is 3.89. The summed E-state index contributed by atoms with van der Waals surface area (Å²) in [6, 6.07) is 0. The van der Waals surface area contributed by atoms with Crippen LogP contribution in [0.1, 0.15) is 70.6 Å². The Bertz CT molecular complexity index is 273. The first-order chi connectivity index (χ1) is 9.18. The van der Waals surface area contributed by atoms with Crippen LogP contribution in [0.3, 0.4) is 0 Å². The third kappa shape index (κ3) is 8.62. The van der Waals surface area contributed by atoms with Crippen molar-refractivity contribution in [1.82, 2.24) is 5.32 Å². The average Bonchev–Trinajstić information content (AvgIpc) is 2.88. The Labute approximate surface area is 116 Å². The minimum absolute atomic E-state index is 0.178. The second-order valence-electron chi connectivity index (χ2n) is 5.60. The number of carbonyl (C=O) groups excluding carboxylic acids is 1. The monoisotopic (exact) mass is 269 g/mol. The molecule has 1 fully saturated rings. The molecule has 0 aromatic carbocycles. The van der Waals surface area contributed by atoms with Gasteiger partial charge in [-0.3, -0.25) is 9.59 Å². The number of carboxylic acids is 1. The summed E-state index contributed by atoms with van der Waals surface area (Å²) in [6.07, 6.45) is 10.9. The van der Waals surface area contributed by atoms with E-state index in [1.165, 1.54) is 25.7 Å². The van der Waals surface area contributed by atoms with Crippen molar-refractivity contribution < 1.29 is 14.7 Å². The highest BCUT2D eigenvalue weighted by Gasteiger charge is 2.15. The van der Waals surface area contributed by atoms with Crippen molar-refractivity contribution in [3.8, 4) is 0 Å². The summed E-state index contributed by atoms with van der Waals surface area (Å²) in [7, 11) is 0. The molecular formula is C15H27NO3. The minimum Gasteiger partial charge on any atom is -0.481 e. The lowest BCUT2D eigenvalue weighted by Gasteiger charge is -2.09. The molecule has 0 saturated heterocycles. The highest BCUT2D eigenvalue weighted by atomic mass is 16.4. The molecule has 0 heterocycles. The molecule has 1 amide bonds. The summed E-state index contributed by atoms with van der Waals surface area (Å²) >= 11 is 0. The Morgan fingerprint density at radius 2 is 1.68 bits per heavy atom. The summed E-state index contributed by atoms with van der Waals surface area (Å²) in [5, 5.41) is 11.4. The number of hydrogen-bond acceptors (Lipinski definition) is 2. The van der Waals surface area contributed by atoms with Gasteiger partial charge in [-0.1, -0.05) is 38.5 Å². The number of rotatable bonds is 10. The molecule has 1 aliphatic carbocycles. The molecule has 0 spiro atoms. The van der Waals surface area contributed by atoms with Crippen LogP contribution < -0.4 is 5.32 Å². The molecule has 1 aliphatic rings. The van der Waals surface area contributed by atoms with Gasteiger partial charge in [-0.15, -0.1) is 0 Å². The van der Waals surface area contributed by atoms with Crippen molar-refractivity contribution >= 4 is 11.9 Å². The molecule has 0 aromatic rings. The predicted octanol–water partition coefficient (Wildman–Crippen LogP) is 3.11. The van der Waals surface area contributed by atoms with Crippen LogP contribution in [0.15, 0.2) is 0 Å². The van der Waals surface area contributed by atoms with Crippen LogP contribution in [0.5, 0.6) is 0 Å². The van der Waals surface area contributed by atoms with Crippen LogP contribution in [0.4, 0.5) is 0 Å². The zero-order valence-corrected chi connectivity index (χ0v) is 11.8. The molecular weight excluding hydrogens is 242 g/mol. The molecule has 1 saturated carbocycles. The summed E-state index contributed by atoms with van der Waals surface area (Å²) in [5.74, 6) is 0.236.